The lowest BCUT2D eigenvalue weighted by atomic mass is 9.82. The average Bonchev–Trinajstić information content (AvgIpc) is 3.13. The third-order valence-electron chi connectivity index (χ3n) is 5.00. The summed E-state index contributed by atoms with van der Waals surface area (Å²) in [7, 11) is 1.91. The fourth-order valence-corrected chi connectivity index (χ4v) is 4.69. The number of hydrogen-bond acceptors (Lipinski definition) is 3. The Morgan fingerprint density at radius 1 is 1.36 bits per heavy atom. The van der Waals surface area contributed by atoms with Crippen LogP contribution in [0.3, 0.4) is 0 Å². The van der Waals surface area contributed by atoms with Gasteiger partial charge in [-0.25, -0.2) is 4.98 Å². The largest absolute Gasteiger partial charge is 0.356 e. The summed E-state index contributed by atoms with van der Waals surface area (Å²) in [5.41, 5.74) is 1.14. The number of thiazole rings is 1. The topological polar surface area (TPSA) is 40.5 Å². The van der Waals surface area contributed by atoms with Crippen molar-refractivity contribution in [3.63, 3.8) is 0 Å². The fourth-order valence-electron chi connectivity index (χ4n) is 3.87. The molecule has 1 aliphatic heterocycles. The highest BCUT2D eigenvalue weighted by molar-refractivity contribution is 7.09. The van der Waals surface area contributed by atoms with E-state index in [4.69, 9.17) is 0 Å². The third-order valence-corrected chi connectivity index (χ3v) is 6.03. The molecule has 0 bridgehead atoms. The summed E-state index contributed by atoms with van der Waals surface area (Å²) in [6.07, 6.45) is 7.87. The first kappa shape index (κ1) is 15.8. The highest BCUT2D eigenvalue weighted by Crippen LogP contribution is 2.35. The molecule has 1 saturated heterocycles. The van der Waals surface area contributed by atoms with E-state index in [9.17, 15) is 0 Å². The number of aromatic nitrogens is 1. The number of aryl methyl sites for hydroxylation is 2. The Hall–Kier alpha value is -1.10. The van der Waals surface area contributed by atoms with Crippen molar-refractivity contribution in [1.82, 2.24) is 15.2 Å². The number of fused-ring (bicyclic) bond motifs is 1. The first-order valence-corrected chi connectivity index (χ1v) is 9.51. The van der Waals surface area contributed by atoms with Crippen LogP contribution in [0.1, 0.15) is 42.8 Å². The second kappa shape index (κ2) is 7.44. The summed E-state index contributed by atoms with van der Waals surface area (Å²) in [4.78, 5) is 11.5. The zero-order valence-corrected chi connectivity index (χ0v) is 14.7. The van der Waals surface area contributed by atoms with Crippen LogP contribution in [0.5, 0.6) is 0 Å². The van der Waals surface area contributed by atoms with Gasteiger partial charge in [0.1, 0.15) is 0 Å². The molecule has 1 aromatic rings. The van der Waals surface area contributed by atoms with E-state index in [1.807, 2.05) is 7.05 Å². The number of nitrogens with zero attached hydrogens (tertiary/aromatic N) is 3. The molecule has 0 spiro atoms. The predicted octanol–water partition coefficient (Wildman–Crippen LogP) is 3.08. The molecule has 2 heterocycles. The standard InChI is InChI=1S/C17H28N4S/c1-13-12-22-16(20-13)8-5-9-19-17(18-2)21-10-14-6-3-4-7-15(14)11-21/h12,14-15H,3-11H2,1-2H3,(H,18,19). The molecule has 1 aliphatic carbocycles. The second-order valence-corrected chi connectivity index (χ2v) is 7.61. The number of aliphatic imine (C=N–C) groups is 1. The van der Waals surface area contributed by atoms with Gasteiger partial charge in [0.25, 0.3) is 0 Å². The van der Waals surface area contributed by atoms with Gasteiger partial charge in [0.05, 0.1) is 5.01 Å². The van der Waals surface area contributed by atoms with Crippen molar-refractivity contribution in [2.24, 2.45) is 16.8 Å². The number of hydrogen-bond donors (Lipinski definition) is 1. The molecule has 2 unspecified atom stereocenters. The monoisotopic (exact) mass is 320 g/mol. The van der Waals surface area contributed by atoms with Crippen molar-refractivity contribution in [3.05, 3.63) is 16.1 Å². The van der Waals surface area contributed by atoms with Gasteiger partial charge in [-0.05, 0) is 38.0 Å². The van der Waals surface area contributed by atoms with Gasteiger partial charge in [-0.3, -0.25) is 4.99 Å². The van der Waals surface area contributed by atoms with Gasteiger partial charge >= 0.3 is 0 Å². The van der Waals surface area contributed by atoms with Gasteiger partial charge in [-0.2, -0.15) is 0 Å². The Bertz CT molecular complexity index is 497. The fraction of sp³-hybridized carbons (Fsp3) is 0.765. The Morgan fingerprint density at radius 3 is 2.68 bits per heavy atom. The van der Waals surface area contributed by atoms with E-state index >= 15 is 0 Å². The molecule has 2 atom stereocenters. The molecule has 1 aromatic heterocycles. The van der Waals surface area contributed by atoms with E-state index in [1.54, 1.807) is 11.3 Å². The summed E-state index contributed by atoms with van der Waals surface area (Å²) in [6.45, 7) is 5.45. The molecular weight excluding hydrogens is 292 g/mol. The van der Waals surface area contributed by atoms with Gasteiger partial charge in [0.2, 0.25) is 0 Å². The maximum absolute atomic E-state index is 4.52. The molecule has 122 valence electrons. The van der Waals surface area contributed by atoms with Gasteiger partial charge in [-0.15, -0.1) is 11.3 Å². The quantitative estimate of drug-likeness (QED) is 0.526. The molecule has 2 aliphatic rings. The molecule has 0 radical (unpaired) electrons. The van der Waals surface area contributed by atoms with E-state index in [0.29, 0.717) is 0 Å². The van der Waals surface area contributed by atoms with E-state index in [0.717, 1.165) is 42.9 Å². The van der Waals surface area contributed by atoms with Crippen LogP contribution >= 0.6 is 11.3 Å². The van der Waals surface area contributed by atoms with Crippen LogP contribution < -0.4 is 5.32 Å². The maximum Gasteiger partial charge on any atom is 0.193 e. The molecule has 2 fully saturated rings. The molecule has 4 nitrogen and oxygen atoms in total. The van der Waals surface area contributed by atoms with Crippen molar-refractivity contribution < 1.29 is 0 Å². The maximum atomic E-state index is 4.52. The third kappa shape index (κ3) is 3.80. The lowest BCUT2D eigenvalue weighted by molar-refractivity contribution is 0.299. The number of guanidine groups is 1. The van der Waals surface area contributed by atoms with Crippen molar-refractivity contribution in [2.75, 3.05) is 26.7 Å². The average molecular weight is 321 g/mol. The van der Waals surface area contributed by atoms with Crippen molar-refractivity contribution >= 4 is 17.3 Å². The Balaban J connectivity index is 1.42. The van der Waals surface area contributed by atoms with E-state index in [1.165, 1.54) is 43.8 Å². The van der Waals surface area contributed by atoms with Crippen LogP contribution in [0.4, 0.5) is 0 Å². The van der Waals surface area contributed by atoms with Crippen LogP contribution in [0.2, 0.25) is 0 Å². The summed E-state index contributed by atoms with van der Waals surface area (Å²) >= 11 is 1.77. The first-order chi connectivity index (χ1) is 10.8. The molecule has 1 N–H and O–H groups in total. The number of likely N-dealkylation sites (tertiary alicyclic amines) is 1. The minimum Gasteiger partial charge on any atom is -0.356 e. The predicted molar refractivity (Wildman–Crippen MR) is 93.6 cm³/mol. The normalized spacial score (nSPS) is 25.4. The van der Waals surface area contributed by atoms with E-state index in [2.05, 4.69) is 32.5 Å². The molecule has 0 amide bonds. The Labute approximate surface area is 138 Å². The molecule has 3 rings (SSSR count). The summed E-state index contributed by atoms with van der Waals surface area (Å²) in [5, 5.41) is 6.93. The molecule has 5 heteroatoms. The van der Waals surface area contributed by atoms with Crippen LogP contribution in [0, 0.1) is 18.8 Å². The Kier molecular flexibility index (Phi) is 5.34. The molecule has 22 heavy (non-hydrogen) atoms. The van der Waals surface area contributed by atoms with Crippen molar-refractivity contribution in [2.45, 2.75) is 45.4 Å². The summed E-state index contributed by atoms with van der Waals surface area (Å²) in [6, 6.07) is 0. The number of rotatable bonds is 4. The summed E-state index contributed by atoms with van der Waals surface area (Å²) in [5.74, 6) is 2.92. The van der Waals surface area contributed by atoms with Gasteiger partial charge < -0.3 is 10.2 Å². The Morgan fingerprint density at radius 2 is 2.09 bits per heavy atom. The van der Waals surface area contributed by atoms with Gasteiger partial charge in [0.15, 0.2) is 5.96 Å². The highest BCUT2D eigenvalue weighted by atomic mass is 32.1. The van der Waals surface area contributed by atoms with Crippen molar-refractivity contribution in [1.29, 1.82) is 0 Å². The van der Waals surface area contributed by atoms with E-state index < -0.39 is 0 Å². The first-order valence-electron chi connectivity index (χ1n) is 8.63. The summed E-state index contributed by atoms with van der Waals surface area (Å²) < 4.78 is 0. The van der Waals surface area contributed by atoms with Crippen molar-refractivity contribution in [3.8, 4) is 0 Å². The van der Waals surface area contributed by atoms with E-state index in [-0.39, 0.29) is 0 Å². The molecular formula is C17H28N4S. The SMILES string of the molecule is CN=C(NCCCc1nc(C)cs1)N1CC2CCCCC2C1. The van der Waals surface area contributed by atoms with Crippen LogP contribution in [-0.2, 0) is 6.42 Å². The minimum atomic E-state index is 0.908. The highest BCUT2D eigenvalue weighted by Gasteiger charge is 2.35. The van der Waals surface area contributed by atoms with Gasteiger partial charge in [0, 0.05) is 44.2 Å². The zero-order chi connectivity index (χ0) is 15.4. The smallest absolute Gasteiger partial charge is 0.193 e. The lowest BCUT2D eigenvalue weighted by Crippen LogP contribution is -2.40. The van der Waals surface area contributed by atoms with Crippen LogP contribution in [-0.4, -0.2) is 42.5 Å². The second-order valence-electron chi connectivity index (χ2n) is 6.67. The van der Waals surface area contributed by atoms with Crippen LogP contribution in [0.15, 0.2) is 10.4 Å². The van der Waals surface area contributed by atoms with Crippen LogP contribution in [0.25, 0.3) is 0 Å². The molecule has 1 saturated carbocycles. The number of nitrogens with one attached hydrogen (secondary N) is 1. The van der Waals surface area contributed by atoms with Gasteiger partial charge in [-0.1, -0.05) is 12.8 Å². The lowest BCUT2D eigenvalue weighted by Gasteiger charge is -2.22. The molecule has 0 aromatic carbocycles. The minimum absolute atomic E-state index is 0.908. The zero-order valence-electron chi connectivity index (χ0n) is 13.8.